The predicted octanol–water partition coefficient (Wildman–Crippen LogP) is 1.63. The molecule has 1 aliphatic heterocycles. The molecule has 1 fully saturated rings. The van der Waals surface area contributed by atoms with E-state index in [0.29, 0.717) is 13.0 Å². The van der Waals surface area contributed by atoms with Gasteiger partial charge in [0.15, 0.2) is 0 Å². The zero-order chi connectivity index (χ0) is 16.7. The summed E-state index contributed by atoms with van der Waals surface area (Å²) < 4.78 is 0. The minimum absolute atomic E-state index is 0.0200. The van der Waals surface area contributed by atoms with Gasteiger partial charge in [0.1, 0.15) is 0 Å². The number of nitriles is 1. The van der Waals surface area contributed by atoms with Gasteiger partial charge in [-0.1, -0.05) is 12.1 Å². The standard InChI is InChI=1S/C17H21N3O3/c18-8-1-9-20-10-6-14(7-11-20)16(21)19-12-13-2-4-15(5-3-13)17(22)23/h2-5,14H,1,6-7,9-12H2,(H,19,21)(H,22,23). The number of aromatic carboxylic acids is 1. The molecule has 1 saturated heterocycles. The highest BCUT2D eigenvalue weighted by atomic mass is 16.4. The summed E-state index contributed by atoms with van der Waals surface area (Å²) in [6, 6.07) is 8.65. The second-order valence-corrected chi connectivity index (χ2v) is 5.74. The molecule has 1 amide bonds. The largest absolute Gasteiger partial charge is 0.478 e. The molecule has 0 unspecified atom stereocenters. The lowest BCUT2D eigenvalue weighted by atomic mass is 9.95. The molecule has 1 aromatic rings. The summed E-state index contributed by atoms with van der Waals surface area (Å²) in [4.78, 5) is 25.2. The first kappa shape index (κ1) is 17.0. The molecule has 2 N–H and O–H groups in total. The molecule has 6 nitrogen and oxygen atoms in total. The van der Waals surface area contributed by atoms with E-state index in [-0.39, 0.29) is 17.4 Å². The van der Waals surface area contributed by atoms with E-state index >= 15 is 0 Å². The van der Waals surface area contributed by atoms with E-state index in [0.717, 1.165) is 38.0 Å². The van der Waals surface area contributed by atoms with Gasteiger partial charge in [-0.2, -0.15) is 5.26 Å². The third kappa shape index (κ3) is 5.08. The Hall–Kier alpha value is -2.39. The van der Waals surface area contributed by atoms with Crippen molar-refractivity contribution < 1.29 is 14.7 Å². The van der Waals surface area contributed by atoms with E-state index in [1.54, 1.807) is 12.1 Å². The average Bonchev–Trinajstić information content (AvgIpc) is 2.58. The molecule has 0 aromatic heterocycles. The molecule has 0 aliphatic carbocycles. The number of benzene rings is 1. The van der Waals surface area contributed by atoms with E-state index in [1.807, 2.05) is 0 Å². The molecule has 0 spiro atoms. The van der Waals surface area contributed by atoms with Crippen molar-refractivity contribution in [2.45, 2.75) is 25.8 Å². The Kier molecular flexibility index (Phi) is 6.12. The van der Waals surface area contributed by atoms with Crippen LogP contribution in [0.5, 0.6) is 0 Å². The Morgan fingerprint density at radius 2 is 1.91 bits per heavy atom. The first-order valence-corrected chi connectivity index (χ1v) is 7.79. The smallest absolute Gasteiger partial charge is 0.335 e. The SMILES string of the molecule is N#CCCN1CCC(C(=O)NCc2ccc(C(=O)O)cc2)CC1. The molecule has 2 rings (SSSR count). The molecule has 1 aliphatic rings. The first-order valence-electron chi connectivity index (χ1n) is 7.79. The maximum Gasteiger partial charge on any atom is 0.335 e. The highest BCUT2D eigenvalue weighted by Gasteiger charge is 2.24. The van der Waals surface area contributed by atoms with Gasteiger partial charge in [0.05, 0.1) is 11.6 Å². The van der Waals surface area contributed by atoms with Crippen LogP contribution in [0.1, 0.15) is 35.2 Å². The molecular weight excluding hydrogens is 294 g/mol. The number of carboxylic acid groups (broad SMARTS) is 1. The van der Waals surface area contributed by atoms with Gasteiger partial charge in [-0.3, -0.25) is 4.79 Å². The van der Waals surface area contributed by atoms with Crippen molar-refractivity contribution in [1.29, 1.82) is 5.26 Å². The number of carboxylic acids is 1. The van der Waals surface area contributed by atoms with Gasteiger partial charge >= 0.3 is 5.97 Å². The molecular formula is C17H21N3O3. The van der Waals surface area contributed by atoms with Crippen LogP contribution in [0.25, 0.3) is 0 Å². The Balaban J connectivity index is 1.75. The van der Waals surface area contributed by atoms with Gasteiger partial charge in [0.25, 0.3) is 0 Å². The van der Waals surface area contributed by atoms with Gasteiger partial charge < -0.3 is 15.3 Å². The summed E-state index contributed by atoms with van der Waals surface area (Å²) in [5.41, 5.74) is 1.12. The number of nitrogens with zero attached hydrogens (tertiary/aromatic N) is 2. The molecule has 0 radical (unpaired) electrons. The Morgan fingerprint density at radius 3 is 2.48 bits per heavy atom. The van der Waals surface area contributed by atoms with Gasteiger partial charge in [-0.05, 0) is 43.6 Å². The quantitative estimate of drug-likeness (QED) is 0.832. The monoisotopic (exact) mass is 315 g/mol. The third-order valence-corrected chi connectivity index (χ3v) is 4.17. The van der Waals surface area contributed by atoms with Crippen LogP contribution in [0.15, 0.2) is 24.3 Å². The van der Waals surface area contributed by atoms with Crippen molar-refractivity contribution in [2.75, 3.05) is 19.6 Å². The predicted molar refractivity (Wildman–Crippen MR) is 84.6 cm³/mol. The number of piperidine rings is 1. The molecule has 0 atom stereocenters. The van der Waals surface area contributed by atoms with Crippen molar-refractivity contribution >= 4 is 11.9 Å². The molecule has 1 aromatic carbocycles. The summed E-state index contributed by atoms with van der Waals surface area (Å²) in [6.07, 6.45) is 2.16. The topological polar surface area (TPSA) is 93.4 Å². The van der Waals surface area contributed by atoms with E-state index < -0.39 is 5.97 Å². The number of likely N-dealkylation sites (tertiary alicyclic amines) is 1. The molecule has 0 saturated carbocycles. The third-order valence-electron chi connectivity index (χ3n) is 4.17. The molecule has 0 bridgehead atoms. The van der Waals surface area contributed by atoms with Crippen LogP contribution in [-0.4, -0.2) is 41.5 Å². The number of carbonyl (C=O) groups excluding carboxylic acids is 1. The highest BCUT2D eigenvalue weighted by Crippen LogP contribution is 2.17. The van der Waals surface area contributed by atoms with Gasteiger partial charge in [0.2, 0.25) is 5.91 Å². The van der Waals surface area contributed by atoms with Crippen LogP contribution in [0.2, 0.25) is 0 Å². The summed E-state index contributed by atoms with van der Waals surface area (Å²) in [7, 11) is 0. The minimum Gasteiger partial charge on any atom is -0.478 e. The fourth-order valence-corrected chi connectivity index (χ4v) is 2.73. The lowest BCUT2D eigenvalue weighted by Crippen LogP contribution is -2.40. The molecule has 23 heavy (non-hydrogen) atoms. The van der Waals surface area contributed by atoms with Crippen LogP contribution in [0, 0.1) is 17.2 Å². The van der Waals surface area contributed by atoms with Crippen molar-refractivity contribution in [1.82, 2.24) is 10.2 Å². The molecule has 122 valence electrons. The number of rotatable bonds is 6. The number of hydrogen-bond donors (Lipinski definition) is 2. The van der Waals surface area contributed by atoms with E-state index in [1.165, 1.54) is 12.1 Å². The van der Waals surface area contributed by atoms with E-state index in [2.05, 4.69) is 16.3 Å². The molecule has 1 heterocycles. The van der Waals surface area contributed by atoms with Crippen LogP contribution < -0.4 is 5.32 Å². The Labute approximate surface area is 135 Å². The van der Waals surface area contributed by atoms with Crippen LogP contribution in [-0.2, 0) is 11.3 Å². The molecule has 6 heteroatoms. The average molecular weight is 315 g/mol. The first-order chi connectivity index (χ1) is 11.1. The van der Waals surface area contributed by atoms with Gasteiger partial charge in [-0.15, -0.1) is 0 Å². The summed E-state index contributed by atoms with van der Waals surface area (Å²) >= 11 is 0. The number of nitrogens with one attached hydrogen (secondary N) is 1. The Morgan fingerprint density at radius 1 is 1.26 bits per heavy atom. The highest BCUT2D eigenvalue weighted by molar-refractivity contribution is 5.87. The normalized spacial score (nSPS) is 15.8. The number of amides is 1. The van der Waals surface area contributed by atoms with E-state index in [4.69, 9.17) is 10.4 Å². The fraction of sp³-hybridized carbons (Fsp3) is 0.471. The number of hydrogen-bond acceptors (Lipinski definition) is 4. The second kappa shape index (κ2) is 8.30. The zero-order valence-corrected chi connectivity index (χ0v) is 13.0. The zero-order valence-electron chi connectivity index (χ0n) is 13.0. The Bertz CT molecular complexity index is 584. The maximum absolute atomic E-state index is 12.2. The van der Waals surface area contributed by atoms with Crippen molar-refractivity contribution in [3.8, 4) is 6.07 Å². The van der Waals surface area contributed by atoms with E-state index in [9.17, 15) is 9.59 Å². The van der Waals surface area contributed by atoms with Crippen molar-refractivity contribution in [2.24, 2.45) is 5.92 Å². The van der Waals surface area contributed by atoms with Crippen LogP contribution >= 0.6 is 0 Å². The second-order valence-electron chi connectivity index (χ2n) is 5.74. The summed E-state index contributed by atoms with van der Waals surface area (Å²) in [5.74, 6) is -0.886. The number of carbonyl (C=O) groups is 2. The summed E-state index contributed by atoms with van der Waals surface area (Å²) in [5, 5.41) is 20.4. The lowest BCUT2D eigenvalue weighted by molar-refractivity contribution is -0.126. The van der Waals surface area contributed by atoms with Crippen molar-refractivity contribution in [3.05, 3.63) is 35.4 Å². The van der Waals surface area contributed by atoms with Gasteiger partial charge in [-0.25, -0.2) is 4.79 Å². The maximum atomic E-state index is 12.2. The van der Waals surface area contributed by atoms with Crippen LogP contribution in [0.4, 0.5) is 0 Å². The summed E-state index contributed by atoms with van der Waals surface area (Å²) in [6.45, 7) is 2.90. The van der Waals surface area contributed by atoms with Gasteiger partial charge in [0, 0.05) is 25.4 Å². The van der Waals surface area contributed by atoms with Crippen molar-refractivity contribution in [3.63, 3.8) is 0 Å². The van der Waals surface area contributed by atoms with Crippen LogP contribution in [0.3, 0.4) is 0 Å². The lowest BCUT2D eigenvalue weighted by Gasteiger charge is -2.30. The fourth-order valence-electron chi connectivity index (χ4n) is 2.73. The minimum atomic E-state index is -0.955.